The van der Waals surface area contributed by atoms with Crippen molar-refractivity contribution in [3.63, 3.8) is 0 Å². The monoisotopic (exact) mass is 334 g/mol. The fourth-order valence-corrected chi connectivity index (χ4v) is 3.88. The van der Waals surface area contributed by atoms with E-state index >= 15 is 0 Å². The van der Waals surface area contributed by atoms with Gasteiger partial charge in [-0.15, -0.1) is 10.2 Å². The van der Waals surface area contributed by atoms with Gasteiger partial charge in [-0.3, -0.25) is 9.69 Å². The van der Waals surface area contributed by atoms with Crippen molar-refractivity contribution in [1.29, 1.82) is 0 Å². The number of carbonyl (C=O) groups excluding carboxylic acids is 1. The number of hydrogen-bond acceptors (Lipinski definition) is 5. The van der Waals surface area contributed by atoms with Crippen molar-refractivity contribution in [2.24, 2.45) is 12.8 Å². The average molecular weight is 334 g/mol. The van der Waals surface area contributed by atoms with Gasteiger partial charge in [0.25, 0.3) is 0 Å². The molecule has 1 amide bonds. The van der Waals surface area contributed by atoms with Gasteiger partial charge in [0.1, 0.15) is 11.6 Å². The van der Waals surface area contributed by atoms with Gasteiger partial charge in [0.05, 0.1) is 6.54 Å². The molecule has 2 aliphatic heterocycles. The Hall–Kier alpha value is -1.47. The number of carbonyl (C=O) groups is 1. The SMILES string of the molecule is Cn1c(CN2CCCCC2)nnc1C1CCCN(C(=O)CCN)C1. The number of piperidine rings is 2. The largest absolute Gasteiger partial charge is 0.342 e. The molecule has 0 aromatic carbocycles. The van der Waals surface area contributed by atoms with Crippen LogP contribution in [0.25, 0.3) is 0 Å². The van der Waals surface area contributed by atoms with Gasteiger partial charge in [-0.25, -0.2) is 0 Å². The van der Waals surface area contributed by atoms with E-state index in [-0.39, 0.29) is 11.8 Å². The Morgan fingerprint density at radius 1 is 1.17 bits per heavy atom. The Balaban J connectivity index is 1.64. The van der Waals surface area contributed by atoms with Crippen LogP contribution in [0.1, 0.15) is 56.1 Å². The van der Waals surface area contributed by atoms with E-state index in [4.69, 9.17) is 5.73 Å². The summed E-state index contributed by atoms with van der Waals surface area (Å²) in [5, 5.41) is 8.91. The number of amides is 1. The maximum Gasteiger partial charge on any atom is 0.223 e. The van der Waals surface area contributed by atoms with Crippen LogP contribution in [0.15, 0.2) is 0 Å². The highest BCUT2D eigenvalue weighted by molar-refractivity contribution is 5.76. The molecule has 2 N–H and O–H groups in total. The van der Waals surface area contributed by atoms with Crippen LogP contribution in [0, 0.1) is 0 Å². The van der Waals surface area contributed by atoms with Crippen molar-refractivity contribution in [3.05, 3.63) is 11.6 Å². The van der Waals surface area contributed by atoms with Gasteiger partial charge in [-0.1, -0.05) is 6.42 Å². The van der Waals surface area contributed by atoms with Crippen LogP contribution in [-0.4, -0.2) is 63.2 Å². The molecule has 3 rings (SSSR count). The van der Waals surface area contributed by atoms with E-state index in [1.54, 1.807) is 0 Å². The lowest BCUT2D eigenvalue weighted by Crippen LogP contribution is -2.40. The topological polar surface area (TPSA) is 80.3 Å². The molecule has 0 radical (unpaired) electrons. The van der Waals surface area contributed by atoms with Crippen molar-refractivity contribution < 1.29 is 4.79 Å². The second-order valence-electron chi connectivity index (χ2n) is 7.09. The molecule has 134 valence electrons. The molecule has 0 saturated carbocycles. The number of likely N-dealkylation sites (tertiary alicyclic amines) is 2. The highest BCUT2D eigenvalue weighted by atomic mass is 16.2. The van der Waals surface area contributed by atoms with Crippen LogP contribution in [0.4, 0.5) is 0 Å². The number of rotatable bonds is 5. The van der Waals surface area contributed by atoms with Gasteiger partial charge in [0.15, 0.2) is 0 Å². The average Bonchev–Trinajstić information content (AvgIpc) is 2.97. The summed E-state index contributed by atoms with van der Waals surface area (Å²) in [5.41, 5.74) is 5.52. The van der Waals surface area contributed by atoms with E-state index in [1.165, 1.54) is 19.3 Å². The van der Waals surface area contributed by atoms with Gasteiger partial charge >= 0.3 is 0 Å². The minimum Gasteiger partial charge on any atom is -0.342 e. The number of nitrogens with two attached hydrogens (primary N) is 1. The zero-order valence-electron chi connectivity index (χ0n) is 14.8. The molecule has 1 aromatic heterocycles. The Morgan fingerprint density at radius 2 is 1.96 bits per heavy atom. The summed E-state index contributed by atoms with van der Waals surface area (Å²) in [6.07, 6.45) is 6.44. The Bertz CT molecular complexity index is 551. The quantitative estimate of drug-likeness (QED) is 0.864. The zero-order chi connectivity index (χ0) is 16.9. The van der Waals surface area contributed by atoms with E-state index in [9.17, 15) is 4.79 Å². The van der Waals surface area contributed by atoms with E-state index < -0.39 is 0 Å². The van der Waals surface area contributed by atoms with Crippen LogP contribution < -0.4 is 5.73 Å². The Morgan fingerprint density at radius 3 is 2.71 bits per heavy atom. The third-order valence-electron chi connectivity index (χ3n) is 5.31. The zero-order valence-corrected chi connectivity index (χ0v) is 14.8. The normalized spacial score (nSPS) is 22.8. The van der Waals surface area contributed by atoms with Gasteiger partial charge < -0.3 is 15.2 Å². The minimum absolute atomic E-state index is 0.165. The maximum absolute atomic E-state index is 12.1. The van der Waals surface area contributed by atoms with Crippen molar-refractivity contribution in [2.45, 2.75) is 51.0 Å². The molecule has 0 aliphatic carbocycles. The Kier molecular flexibility index (Phi) is 5.84. The first kappa shape index (κ1) is 17.4. The van der Waals surface area contributed by atoms with Gasteiger partial charge in [0, 0.05) is 39.0 Å². The third-order valence-corrected chi connectivity index (χ3v) is 5.31. The fourth-order valence-electron chi connectivity index (χ4n) is 3.88. The molecule has 2 saturated heterocycles. The summed E-state index contributed by atoms with van der Waals surface area (Å²) in [5.74, 6) is 2.51. The van der Waals surface area contributed by atoms with Crippen LogP contribution >= 0.6 is 0 Å². The van der Waals surface area contributed by atoms with Crippen molar-refractivity contribution in [1.82, 2.24) is 24.6 Å². The first-order chi connectivity index (χ1) is 11.7. The van der Waals surface area contributed by atoms with Crippen molar-refractivity contribution >= 4 is 5.91 Å². The highest BCUT2D eigenvalue weighted by Crippen LogP contribution is 2.26. The molecular formula is C17H30N6O. The molecule has 24 heavy (non-hydrogen) atoms. The van der Waals surface area contributed by atoms with Gasteiger partial charge in [-0.2, -0.15) is 0 Å². The molecule has 0 bridgehead atoms. The predicted octanol–water partition coefficient (Wildman–Crippen LogP) is 0.856. The summed E-state index contributed by atoms with van der Waals surface area (Å²) in [6.45, 7) is 5.21. The summed E-state index contributed by atoms with van der Waals surface area (Å²) >= 11 is 0. The Labute approximate surface area is 144 Å². The second-order valence-corrected chi connectivity index (χ2v) is 7.09. The van der Waals surface area contributed by atoms with E-state index in [1.807, 2.05) is 4.90 Å². The van der Waals surface area contributed by atoms with Crippen molar-refractivity contribution in [3.8, 4) is 0 Å². The smallest absolute Gasteiger partial charge is 0.223 e. The second kappa shape index (κ2) is 8.07. The van der Waals surface area contributed by atoms with Gasteiger partial charge in [-0.05, 0) is 38.8 Å². The lowest BCUT2D eigenvalue weighted by Gasteiger charge is -2.32. The summed E-state index contributed by atoms with van der Waals surface area (Å²) < 4.78 is 2.15. The fraction of sp³-hybridized carbons (Fsp3) is 0.824. The maximum atomic E-state index is 12.1. The molecule has 1 aromatic rings. The van der Waals surface area contributed by atoms with Crippen LogP contribution in [0.3, 0.4) is 0 Å². The molecule has 7 heteroatoms. The summed E-state index contributed by atoms with van der Waals surface area (Å²) in [7, 11) is 2.06. The lowest BCUT2D eigenvalue weighted by molar-refractivity contribution is -0.132. The molecule has 1 unspecified atom stereocenters. The summed E-state index contributed by atoms with van der Waals surface area (Å²) in [6, 6.07) is 0. The first-order valence-corrected chi connectivity index (χ1v) is 9.27. The van der Waals surface area contributed by atoms with Crippen LogP contribution in [0.5, 0.6) is 0 Å². The standard InChI is InChI=1S/C17H30N6O/c1-21-15(13-22-9-3-2-4-10-22)19-20-17(21)14-6-5-11-23(12-14)16(24)7-8-18/h14H,2-13,18H2,1H3. The number of hydrogen-bond donors (Lipinski definition) is 1. The van der Waals surface area contributed by atoms with Crippen LogP contribution in [0.2, 0.25) is 0 Å². The lowest BCUT2D eigenvalue weighted by atomic mass is 9.97. The van der Waals surface area contributed by atoms with Crippen LogP contribution in [-0.2, 0) is 18.4 Å². The van der Waals surface area contributed by atoms with Gasteiger partial charge in [0.2, 0.25) is 5.91 Å². The van der Waals surface area contributed by atoms with E-state index in [0.717, 1.165) is 57.2 Å². The van der Waals surface area contributed by atoms with E-state index in [2.05, 4.69) is 26.7 Å². The molecule has 3 heterocycles. The number of nitrogens with zero attached hydrogens (tertiary/aromatic N) is 5. The molecule has 1 atom stereocenters. The van der Waals surface area contributed by atoms with Crippen molar-refractivity contribution in [2.75, 3.05) is 32.7 Å². The number of aromatic nitrogens is 3. The molecular weight excluding hydrogens is 304 g/mol. The molecule has 2 fully saturated rings. The highest BCUT2D eigenvalue weighted by Gasteiger charge is 2.28. The summed E-state index contributed by atoms with van der Waals surface area (Å²) in [4.78, 5) is 16.5. The molecule has 0 spiro atoms. The molecule has 7 nitrogen and oxygen atoms in total. The minimum atomic E-state index is 0.165. The molecule has 2 aliphatic rings. The first-order valence-electron chi connectivity index (χ1n) is 9.27. The third kappa shape index (κ3) is 3.95. The van der Waals surface area contributed by atoms with E-state index in [0.29, 0.717) is 13.0 Å². The predicted molar refractivity (Wildman–Crippen MR) is 92.4 cm³/mol.